The number of methoxy groups -OCH3 is 1. The molecule has 0 spiro atoms. The molecule has 20 heavy (non-hydrogen) atoms. The Morgan fingerprint density at radius 2 is 2.05 bits per heavy atom. The molecule has 0 aromatic heterocycles. The highest BCUT2D eigenvalue weighted by Crippen LogP contribution is 2.24. The van der Waals surface area contributed by atoms with Crippen LogP contribution < -0.4 is 0 Å². The summed E-state index contributed by atoms with van der Waals surface area (Å²) in [5.41, 5.74) is -0.613. The van der Waals surface area contributed by atoms with Gasteiger partial charge in [0, 0.05) is 6.54 Å². The summed E-state index contributed by atoms with van der Waals surface area (Å²) in [6, 6.07) is -0.769. The number of nitrogens with zero attached hydrogens (tertiary/aromatic N) is 1. The van der Waals surface area contributed by atoms with Gasteiger partial charge in [0.2, 0.25) is 0 Å². The lowest BCUT2D eigenvalue weighted by Gasteiger charge is -2.28. The van der Waals surface area contributed by atoms with Crippen molar-refractivity contribution in [3.63, 3.8) is 0 Å². The molecule has 1 aliphatic heterocycles. The molecular formula is C14H23NO5. The first kappa shape index (κ1) is 16.5. The quantitative estimate of drug-likeness (QED) is 0.581. The van der Waals surface area contributed by atoms with Crippen LogP contribution in [-0.4, -0.2) is 55.0 Å². The summed E-state index contributed by atoms with van der Waals surface area (Å²) in [6.07, 6.45) is 1.24. The van der Waals surface area contributed by atoms with Crippen molar-refractivity contribution in [2.24, 2.45) is 0 Å². The van der Waals surface area contributed by atoms with E-state index in [-0.39, 0.29) is 0 Å². The maximum absolute atomic E-state index is 12.1. The summed E-state index contributed by atoms with van der Waals surface area (Å²) in [5, 5.41) is 0. The lowest BCUT2D eigenvalue weighted by Crippen LogP contribution is -2.48. The second-order valence-corrected chi connectivity index (χ2v) is 5.59. The molecule has 114 valence electrons. The molecule has 1 saturated heterocycles. The van der Waals surface area contributed by atoms with E-state index < -0.39 is 29.8 Å². The van der Waals surface area contributed by atoms with Gasteiger partial charge >= 0.3 is 12.1 Å². The number of rotatable bonds is 4. The standard InChI is InChI=1S/C14H23NO5/c1-6-9-19-10-7-8-15(11(10)12(16)18-5)13(17)20-14(2,3)4/h6,10-11H,1,7-9H2,2-5H3/t10-,11?/m1/s1. The number of hydrogen-bond acceptors (Lipinski definition) is 5. The molecule has 6 nitrogen and oxygen atoms in total. The van der Waals surface area contributed by atoms with Crippen molar-refractivity contribution in [3.05, 3.63) is 12.7 Å². The monoisotopic (exact) mass is 285 g/mol. The minimum atomic E-state index is -0.769. The van der Waals surface area contributed by atoms with Gasteiger partial charge in [0.05, 0.1) is 19.8 Å². The molecule has 2 atom stereocenters. The van der Waals surface area contributed by atoms with Crippen LogP contribution in [-0.2, 0) is 19.0 Å². The van der Waals surface area contributed by atoms with Crippen molar-refractivity contribution >= 4 is 12.1 Å². The van der Waals surface area contributed by atoms with Gasteiger partial charge in [-0.2, -0.15) is 0 Å². The van der Waals surface area contributed by atoms with Crippen molar-refractivity contribution in [1.29, 1.82) is 0 Å². The van der Waals surface area contributed by atoms with E-state index in [1.807, 2.05) is 0 Å². The summed E-state index contributed by atoms with van der Waals surface area (Å²) < 4.78 is 15.6. The van der Waals surface area contributed by atoms with Crippen LogP contribution in [0.4, 0.5) is 4.79 Å². The molecule has 1 heterocycles. The van der Waals surface area contributed by atoms with Gasteiger partial charge in [-0.05, 0) is 27.2 Å². The Morgan fingerprint density at radius 1 is 1.40 bits per heavy atom. The number of esters is 1. The van der Waals surface area contributed by atoms with Crippen LogP contribution in [0.5, 0.6) is 0 Å². The van der Waals surface area contributed by atoms with Gasteiger partial charge in [-0.15, -0.1) is 6.58 Å². The van der Waals surface area contributed by atoms with Gasteiger partial charge in [-0.25, -0.2) is 9.59 Å². The fraction of sp³-hybridized carbons (Fsp3) is 0.714. The highest BCUT2D eigenvalue weighted by molar-refractivity contribution is 5.83. The molecule has 1 amide bonds. The minimum absolute atomic E-state index is 0.320. The summed E-state index contributed by atoms with van der Waals surface area (Å²) in [7, 11) is 1.29. The third-order valence-electron chi connectivity index (χ3n) is 2.84. The zero-order valence-electron chi connectivity index (χ0n) is 12.5. The minimum Gasteiger partial charge on any atom is -0.467 e. The zero-order valence-corrected chi connectivity index (χ0v) is 12.5. The third-order valence-corrected chi connectivity index (χ3v) is 2.84. The molecular weight excluding hydrogens is 262 g/mol. The van der Waals surface area contributed by atoms with E-state index >= 15 is 0 Å². The fourth-order valence-electron chi connectivity index (χ4n) is 2.06. The first-order valence-corrected chi connectivity index (χ1v) is 6.60. The molecule has 0 aromatic carbocycles. The second-order valence-electron chi connectivity index (χ2n) is 5.59. The van der Waals surface area contributed by atoms with E-state index in [0.29, 0.717) is 19.6 Å². The number of likely N-dealkylation sites (tertiary alicyclic amines) is 1. The summed E-state index contributed by atoms with van der Waals surface area (Å²) in [4.78, 5) is 25.4. The first-order chi connectivity index (χ1) is 9.30. The zero-order chi connectivity index (χ0) is 15.3. The van der Waals surface area contributed by atoms with E-state index in [1.165, 1.54) is 12.0 Å². The normalized spacial score (nSPS) is 22.5. The molecule has 0 aromatic rings. The second kappa shape index (κ2) is 6.74. The highest BCUT2D eigenvalue weighted by Gasteiger charge is 2.44. The molecule has 0 radical (unpaired) electrons. The Kier molecular flexibility index (Phi) is 5.56. The SMILES string of the molecule is C=CCO[C@@H]1CCN(C(=O)OC(C)(C)C)C1C(=O)OC. The van der Waals surface area contributed by atoms with Gasteiger partial charge in [0.15, 0.2) is 6.04 Å². The highest BCUT2D eigenvalue weighted by atomic mass is 16.6. The van der Waals surface area contributed by atoms with Gasteiger partial charge in [0.25, 0.3) is 0 Å². The Labute approximate surface area is 119 Å². The van der Waals surface area contributed by atoms with E-state index in [1.54, 1.807) is 26.8 Å². The molecule has 1 rings (SSSR count). The molecule has 1 aliphatic rings. The smallest absolute Gasteiger partial charge is 0.411 e. The van der Waals surface area contributed by atoms with E-state index in [4.69, 9.17) is 14.2 Å². The number of carbonyl (C=O) groups excluding carboxylic acids is 2. The molecule has 0 bridgehead atoms. The fourth-order valence-corrected chi connectivity index (χ4v) is 2.06. The molecule has 0 saturated carbocycles. The first-order valence-electron chi connectivity index (χ1n) is 6.60. The average molecular weight is 285 g/mol. The van der Waals surface area contributed by atoms with Gasteiger partial charge in [-0.1, -0.05) is 6.08 Å². The predicted molar refractivity (Wildman–Crippen MR) is 73.3 cm³/mol. The molecule has 0 aliphatic carbocycles. The van der Waals surface area contributed by atoms with Crippen LogP contribution in [0.3, 0.4) is 0 Å². The number of ether oxygens (including phenoxy) is 3. The van der Waals surface area contributed by atoms with Gasteiger partial charge in [-0.3, -0.25) is 4.90 Å². The van der Waals surface area contributed by atoms with Crippen LogP contribution in [0, 0.1) is 0 Å². The lowest BCUT2D eigenvalue weighted by molar-refractivity contribution is -0.149. The van der Waals surface area contributed by atoms with Crippen molar-refractivity contribution in [2.75, 3.05) is 20.3 Å². The van der Waals surface area contributed by atoms with Crippen LogP contribution in [0.25, 0.3) is 0 Å². The van der Waals surface area contributed by atoms with Crippen LogP contribution >= 0.6 is 0 Å². The molecule has 0 N–H and O–H groups in total. The number of carbonyl (C=O) groups is 2. The number of hydrogen-bond donors (Lipinski definition) is 0. The number of amides is 1. The molecule has 1 fully saturated rings. The lowest BCUT2D eigenvalue weighted by atomic mass is 10.1. The van der Waals surface area contributed by atoms with E-state index in [9.17, 15) is 9.59 Å². The van der Waals surface area contributed by atoms with Crippen molar-refractivity contribution in [2.45, 2.75) is 44.9 Å². The Bertz CT molecular complexity index is 374. The van der Waals surface area contributed by atoms with Crippen molar-refractivity contribution in [3.8, 4) is 0 Å². The maximum atomic E-state index is 12.1. The van der Waals surface area contributed by atoms with Crippen LogP contribution in [0.2, 0.25) is 0 Å². The third kappa shape index (κ3) is 4.23. The molecule has 6 heteroatoms. The topological polar surface area (TPSA) is 65.1 Å². The summed E-state index contributed by atoms with van der Waals surface area (Å²) in [5.74, 6) is -0.498. The van der Waals surface area contributed by atoms with Gasteiger partial charge < -0.3 is 14.2 Å². The van der Waals surface area contributed by atoms with E-state index in [2.05, 4.69) is 6.58 Å². The Balaban J connectivity index is 2.81. The Morgan fingerprint density at radius 3 is 2.55 bits per heavy atom. The van der Waals surface area contributed by atoms with Crippen LogP contribution in [0.15, 0.2) is 12.7 Å². The van der Waals surface area contributed by atoms with E-state index in [0.717, 1.165) is 0 Å². The van der Waals surface area contributed by atoms with Gasteiger partial charge in [0.1, 0.15) is 5.60 Å². The Hall–Kier alpha value is -1.56. The largest absolute Gasteiger partial charge is 0.467 e. The average Bonchev–Trinajstić information content (AvgIpc) is 2.77. The van der Waals surface area contributed by atoms with Crippen molar-refractivity contribution < 1.29 is 23.8 Å². The maximum Gasteiger partial charge on any atom is 0.411 e. The summed E-state index contributed by atoms with van der Waals surface area (Å²) in [6.45, 7) is 9.62. The molecule has 1 unspecified atom stereocenters. The van der Waals surface area contributed by atoms with Crippen LogP contribution in [0.1, 0.15) is 27.2 Å². The predicted octanol–water partition coefficient (Wildman–Crippen LogP) is 1.74. The summed E-state index contributed by atoms with van der Waals surface area (Å²) >= 11 is 0. The van der Waals surface area contributed by atoms with Crippen molar-refractivity contribution in [1.82, 2.24) is 4.90 Å².